The van der Waals surface area contributed by atoms with Crippen molar-refractivity contribution < 1.29 is 4.74 Å². The van der Waals surface area contributed by atoms with Crippen LogP contribution in [0.3, 0.4) is 0 Å². The largest absolute Gasteiger partial charge is 0.378 e. The van der Waals surface area contributed by atoms with Crippen LogP contribution in [0.1, 0.15) is 39.0 Å². The van der Waals surface area contributed by atoms with Crippen LogP contribution in [0.25, 0.3) is 0 Å². The summed E-state index contributed by atoms with van der Waals surface area (Å²) in [6, 6.07) is 0. The number of hydrogen-bond donors (Lipinski definition) is 1. The zero-order valence-corrected chi connectivity index (χ0v) is 8.09. The molecular formula is C10H21NO. The molecule has 2 heteroatoms. The van der Waals surface area contributed by atoms with E-state index in [0.717, 1.165) is 13.2 Å². The van der Waals surface area contributed by atoms with Crippen LogP contribution < -0.4 is 5.73 Å². The minimum absolute atomic E-state index is 0.520. The van der Waals surface area contributed by atoms with Crippen molar-refractivity contribution in [3.05, 3.63) is 0 Å². The fourth-order valence-corrected chi connectivity index (χ4v) is 1.60. The Balaban J connectivity index is 2.05. The molecule has 1 aliphatic carbocycles. The summed E-state index contributed by atoms with van der Waals surface area (Å²) in [5, 5.41) is 0. The summed E-state index contributed by atoms with van der Waals surface area (Å²) < 4.78 is 5.76. The molecule has 1 rings (SSSR count). The minimum atomic E-state index is 0.520. The van der Waals surface area contributed by atoms with Crippen molar-refractivity contribution in [2.24, 2.45) is 11.7 Å². The number of nitrogens with two attached hydrogens (primary N) is 1. The average Bonchev–Trinajstić information content (AvgIpc) is 2.16. The van der Waals surface area contributed by atoms with Crippen molar-refractivity contribution in [2.75, 3.05) is 13.2 Å². The van der Waals surface area contributed by atoms with Gasteiger partial charge in [-0.15, -0.1) is 0 Å². The van der Waals surface area contributed by atoms with E-state index < -0.39 is 0 Å². The molecule has 0 saturated heterocycles. The smallest absolute Gasteiger partial charge is 0.0575 e. The van der Waals surface area contributed by atoms with Gasteiger partial charge in [0.2, 0.25) is 0 Å². The van der Waals surface area contributed by atoms with E-state index in [2.05, 4.69) is 6.92 Å². The molecule has 0 aromatic rings. The van der Waals surface area contributed by atoms with Gasteiger partial charge in [-0.3, -0.25) is 0 Å². The van der Waals surface area contributed by atoms with Crippen molar-refractivity contribution in [1.29, 1.82) is 0 Å². The van der Waals surface area contributed by atoms with Crippen molar-refractivity contribution in [3.8, 4) is 0 Å². The van der Waals surface area contributed by atoms with E-state index in [1.807, 2.05) is 0 Å². The highest BCUT2D eigenvalue weighted by molar-refractivity contribution is 4.65. The molecule has 0 radical (unpaired) electrons. The Bertz CT molecular complexity index is 110. The van der Waals surface area contributed by atoms with Gasteiger partial charge in [-0.1, -0.05) is 26.2 Å². The van der Waals surface area contributed by atoms with Gasteiger partial charge < -0.3 is 10.5 Å². The fourth-order valence-electron chi connectivity index (χ4n) is 1.60. The molecule has 0 aromatic carbocycles. The first-order valence-corrected chi connectivity index (χ1v) is 5.14. The topological polar surface area (TPSA) is 35.2 Å². The van der Waals surface area contributed by atoms with Crippen molar-refractivity contribution >= 4 is 0 Å². The van der Waals surface area contributed by atoms with E-state index in [1.165, 1.54) is 32.1 Å². The molecule has 72 valence electrons. The third-order valence-electron chi connectivity index (χ3n) is 2.57. The lowest BCUT2D eigenvalue weighted by molar-refractivity contribution is 0.0123. The lowest BCUT2D eigenvalue weighted by atomic mass is 9.98. The van der Waals surface area contributed by atoms with E-state index in [0.29, 0.717) is 12.0 Å². The summed E-state index contributed by atoms with van der Waals surface area (Å²) in [7, 11) is 0. The van der Waals surface area contributed by atoms with Crippen LogP contribution in [0.5, 0.6) is 0 Å². The van der Waals surface area contributed by atoms with Crippen LogP contribution in [-0.4, -0.2) is 19.3 Å². The zero-order chi connectivity index (χ0) is 8.81. The van der Waals surface area contributed by atoms with Gasteiger partial charge in [-0.05, 0) is 25.3 Å². The molecule has 0 bridgehead atoms. The summed E-state index contributed by atoms with van der Waals surface area (Å²) in [6.45, 7) is 3.73. The third-order valence-corrected chi connectivity index (χ3v) is 2.57. The van der Waals surface area contributed by atoms with Gasteiger partial charge in [0.25, 0.3) is 0 Å². The first-order chi connectivity index (χ1) is 5.83. The molecule has 2 N–H and O–H groups in total. The maximum absolute atomic E-state index is 5.76. The second kappa shape index (κ2) is 5.55. The standard InChI is InChI=1S/C10H21NO/c1-9(7-11)8-12-10-5-3-2-4-6-10/h9-10H,2-8,11H2,1H3. The minimum Gasteiger partial charge on any atom is -0.378 e. The Kier molecular flexibility index (Phi) is 4.62. The highest BCUT2D eigenvalue weighted by Gasteiger charge is 2.14. The normalized spacial score (nSPS) is 22.5. The number of hydrogen-bond acceptors (Lipinski definition) is 2. The SMILES string of the molecule is CC(CN)COC1CCCCC1. The van der Waals surface area contributed by atoms with Gasteiger partial charge in [0.15, 0.2) is 0 Å². The maximum Gasteiger partial charge on any atom is 0.0575 e. The molecule has 0 heterocycles. The molecule has 1 saturated carbocycles. The van der Waals surface area contributed by atoms with Gasteiger partial charge in [0, 0.05) is 0 Å². The molecular weight excluding hydrogens is 150 g/mol. The summed E-state index contributed by atoms with van der Waals surface area (Å²) in [5.41, 5.74) is 5.51. The van der Waals surface area contributed by atoms with E-state index >= 15 is 0 Å². The molecule has 0 aliphatic heterocycles. The van der Waals surface area contributed by atoms with Gasteiger partial charge in [0.1, 0.15) is 0 Å². The lowest BCUT2D eigenvalue weighted by Gasteiger charge is -2.23. The number of rotatable bonds is 4. The Morgan fingerprint density at radius 2 is 2.00 bits per heavy atom. The van der Waals surface area contributed by atoms with Crippen LogP contribution in [0.4, 0.5) is 0 Å². The number of ether oxygens (including phenoxy) is 1. The van der Waals surface area contributed by atoms with Gasteiger partial charge in [-0.25, -0.2) is 0 Å². The van der Waals surface area contributed by atoms with E-state index in [9.17, 15) is 0 Å². The highest BCUT2D eigenvalue weighted by atomic mass is 16.5. The quantitative estimate of drug-likeness (QED) is 0.701. The van der Waals surface area contributed by atoms with E-state index in [1.54, 1.807) is 0 Å². The highest BCUT2D eigenvalue weighted by Crippen LogP contribution is 2.20. The van der Waals surface area contributed by atoms with Crippen LogP contribution in [0.2, 0.25) is 0 Å². The molecule has 12 heavy (non-hydrogen) atoms. The van der Waals surface area contributed by atoms with Crippen LogP contribution in [0, 0.1) is 5.92 Å². The molecule has 1 fully saturated rings. The second-order valence-corrected chi connectivity index (χ2v) is 3.93. The van der Waals surface area contributed by atoms with Gasteiger partial charge >= 0.3 is 0 Å². The maximum atomic E-state index is 5.76. The molecule has 1 unspecified atom stereocenters. The van der Waals surface area contributed by atoms with E-state index in [-0.39, 0.29) is 0 Å². The molecule has 2 nitrogen and oxygen atoms in total. The zero-order valence-electron chi connectivity index (χ0n) is 8.09. The summed E-state index contributed by atoms with van der Waals surface area (Å²) in [4.78, 5) is 0. The summed E-state index contributed by atoms with van der Waals surface area (Å²) >= 11 is 0. The average molecular weight is 171 g/mol. The lowest BCUT2D eigenvalue weighted by Crippen LogP contribution is -2.23. The molecule has 0 aromatic heterocycles. The van der Waals surface area contributed by atoms with E-state index in [4.69, 9.17) is 10.5 Å². The Hall–Kier alpha value is -0.0800. The van der Waals surface area contributed by atoms with Crippen LogP contribution in [-0.2, 0) is 4.74 Å². The Morgan fingerprint density at radius 3 is 2.58 bits per heavy atom. The van der Waals surface area contributed by atoms with Crippen molar-refractivity contribution in [1.82, 2.24) is 0 Å². The van der Waals surface area contributed by atoms with Gasteiger partial charge in [-0.2, -0.15) is 0 Å². The molecule has 1 aliphatic rings. The fraction of sp³-hybridized carbons (Fsp3) is 1.00. The van der Waals surface area contributed by atoms with Crippen LogP contribution >= 0.6 is 0 Å². The first kappa shape index (κ1) is 10.0. The van der Waals surface area contributed by atoms with Crippen molar-refractivity contribution in [3.63, 3.8) is 0 Å². The van der Waals surface area contributed by atoms with Crippen molar-refractivity contribution in [2.45, 2.75) is 45.1 Å². The second-order valence-electron chi connectivity index (χ2n) is 3.93. The molecule has 1 atom stereocenters. The summed E-state index contributed by atoms with van der Waals surface area (Å²) in [5.74, 6) is 0.520. The monoisotopic (exact) mass is 171 g/mol. The summed E-state index contributed by atoms with van der Waals surface area (Å²) in [6.07, 6.45) is 7.15. The molecule has 0 amide bonds. The van der Waals surface area contributed by atoms with Crippen LogP contribution in [0.15, 0.2) is 0 Å². The third kappa shape index (κ3) is 3.55. The van der Waals surface area contributed by atoms with Gasteiger partial charge in [0.05, 0.1) is 12.7 Å². The Labute approximate surface area is 75.5 Å². The first-order valence-electron chi connectivity index (χ1n) is 5.14. The molecule has 0 spiro atoms. The predicted molar refractivity (Wildman–Crippen MR) is 51.0 cm³/mol. The Morgan fingerprint density at radius 1 is 1.33 bits per heavy atom. The predicted octanol–water partition coefficient (Wildman–Crippen LogP) is 1.93.